The first-order valence-electron chi connectivity index (χ1n) is 7.01. The van der Waals surface area contributed by atoms with Gasteiger partial charge in [-0.25, -0.2) is 0 Å². The Balaban J connectivity index is 1.80. The third kappa shape index (κ3) is 4.80. The second kappa shape index (κ2) is 6.59. The molecule has 0 bridgehead atoms. The molecule has 0 N–H and O–H groups in total. The molecule has 0 unspecified atom stereocenters. The molecule has 1 heterocycles. The Kier molecular flexibility index (Phi) is 5.05. The van der Waals surface area contributed by atoms with Crippen molar-refractivity contribution in [1.82, 2.24) is 9.80 Å². The molecular formula is C15H21F3N2. The van der Waals surface area contributed by atoms with E-state index in [1.165, 1.54) is 5.56 Å². The van der Waals surface area contributed by atoms with Gasteiger partial charge in [0.15, 0.2) is 0 Å². The maximum Gasteiger partial charge on any atom is 0.390 e. The molecule has 1 aromatic carbocycles. The van der Waals surface area contributed by atoms with Gasteiger partial charge in [0.05, 0.1) is 6.42 Å². The van der Waals surface area contributed by atoms with Gasteiger partial charge < -0.3 is 4.90 Å². The quantitative estimate of drug-likeness (QED) is 0.839. The molecule has 1 aliphatic heterocycles. The van der Waals surface area contributed by atoms with Gasteiger partial charge in [0.2, 0.25) is 0 Å². The molecule has 0 amide bonds. The van der Waals surface area contributed by atoms with Crippen LogP contribution in [0.25, 0.3) is 0 Å². The highest BCUT2D eigenvalue weighted by Crippen LogP contribution is 2.21. The average molecular weight is 286 g/mol. The largest absolute Gasteiger partial charge is 0.390 e. The van der Waals surface area contributed by atoms with Crippen LogP contribution in [-0.4, -0.2) is 48.2 Å². The van der Waals surface area contributed by atoms with E-state index in [4.69, 9.17) is 0 Å². The van der Waals surface area contributed by atoms with Gasteiger partial charge in [0, 0.05) is 38.8 Å². The van der Waals surface area contributed by atoms with Crippen molar-refractivity contribution in [2.45, 2.75) is 32.1 Å². The molecule has 1 aliphatic rings. The van der Waals surface area contributed by atoms with E-state index in [0.29, 0.717) is 13.1 Å². The number of rotatable bonds is 4. The first-order chi connectivity index (χ1) is 9.44. The molecule has 5 heteroatoms. The minimum absolute atomic E-state index is 0.118. The summed E-state index contributed by atoms with van der Waals surface area (Å²) in [6.07, 6.45) is -4.76. The summed E-state index contributed by atoms with van der Waals surface area (Å²) in [4.78, 5) is 4.25. The summed E-state index contributed by atoms with van der Waals surface area (Å²) in [5, 5.41) is 0. The van der Waals surface area contributed by atoms with Gasteiger partial charge in [-0.2, -0.15) is 13.2 Å². The van der Waals surface area contributed by atoms with Crippen LogP contribution in [0.1, 0.15) is 18.9 Å². The van der Waals surface area contributed by atoms with E-state index in [-0.39, 0.29) is 12.6 Å². The monoisotopic (exact) mass is 286 g/mol. The summed E-state index contributed by atoms with van der Waals surface area (Å²) in [7, 11) is 0. The van der Waals surface area contributed by atoms with Gasteiger partial charge in [-0.05, 0) is 12.5 Å². The van der Waals surface area contributed by atoms with Gasteiger partial charge in [0.1, 0.15) is 0 Å². The van der Waals surface area contributed by atoms with E-state index in [2.05, 4.69) is 24.0 Å². The number of hydrogen-bond acceptors (Lipinski definition) is 2. The molecule has 112 valence electrons. The van der Waals surface area contributed by atoms with Crippen molar-refractivity contribution in [3.63, 3.8) is 0 Å². The third-order valence-corrected chi connectivity index (χ3v) is 3.79. The molecule has 1 saturated heterocycles. The second-order valence-corrected chi connectivity index (χ2v) is 5.47. The minimum Gasteiger partial charge on any atom is -0.300 e. The fourth-order valence-corrected chi connectivity index (χ4v) is 2.61. The molecule has 0 aromatic heterocycles. The molecule has 0 saturated carbocycles. The second-order valence-electron chi connectivity index (χ2n) is 5.47. The van der Waals surface area contributed by atoms with Crippen molar-refractivity contribution >= 4 is 0 Å². The van der Waals surface area contributed by atoms with Gasteiger partial charge in [-0.1, -0.05) is 30.3 Å². The van der Waals surface area contributed by atoms with Crippen LogP contribution in [0.3, 0.4) is 0 Å². The topological polar surface area (TPSA) is 6.48 Å². The Morgan fingerprint density at radius 2 is 1.85 bits per heavy atom. The standard InChI is InChI=1S/C15H21F3N2/c1-13-11-19(8-7-15(16,17)18)9-10-20(13)12-14-5-3-2-4-6-14/h2-6,13H,7-12H2,1H3/t13-/m0/s1. The van der Waals surface area contributed by atoms with Gasteiger partial charge in [-0.15, -0.1) is 0 Å². The van der Waals surface area contributed by atoms with E-state index >= 15 is 0 Å². The summed E-state index contributed by atoms with van der Waals surface area (Å²) in [6.45, 7) is 5.33. The van der Waals surface area contributed by atoms with E-state index < -0.39 is 12.6 Å². The lowest BCUT2D eigenvalue weighted by molar-refractivity contribution is -0.139. The fourth-order valence-electron chi connectivity index (χ4n) is 2.61. The average Bonchev–Trinajstić information content (AvgIpc) is 2.40. The molecule has 1 atom stereocenters. The molecule has 2 nitrogen and oxygen atoms in total. The van der Waals surface area contributed by atoms with Crippen LogP contribution < -0.4 is 0 Å². The fraction of sp³-hybridized carbons (Fsp3) is 0.600. The first-order valence-corrected chi connectivity index (χ1v) is 7.01. The Morgan fingerprint density at radius 1 is 1.15 bits per heavy atom. The zero-order valence-corrected chi connectivity index (χ0v) is 11.7. The molecule has 20 heavy (non-hydrogen) atoms. The van der Waals surface area contributed by atoms with Crippen molar-refractivity contribution in [2.24, 2.45) is 0 Å². The number of hydrogen-bond donors (Lipinski definition) is 0. The van der Waals surface area contributed by atoms with E-state index in [9.17, 15) is 13.2 Å². The molecule has 2 rings (SSSR count). The molecular weight excluding hydrogens is 265 g/mol. The zero-order valence-electron chi connectivity index (χ0n) is 11.7. The van der Waals surface area contributed by atoms with Gasteiger partial charge in [-0.3, -0.25) is 4.90 Å². The van der Waals surface area contributed by atoms with Crippen LogP contribution in [0.5, 0.6) is 0 Å². The summed E-state index contributed by atoms with van der Waals surface area (Å²) in [5.41, 5.74) is 1.25. The SMILES string of the molecule is C[C@H]1CN(CCC(F)(F)F)CCN1Cc1ccccc1. The van der Waals surface area contributed by atoms with Crippen LogP contribution in [0.2, 0.25) is 0 Å². The summed E-state index contributed by atoms with van der Waals surface area (Å²) in [5.74, 6) is 0. The normalized spacial score (nSPS) is 22.1. The third-order valence-electron chi connectivity index (χ3n) is 3.79. The molecule has 1 aromatic rings. The summed E-state index contributed by atoms with van der Waals surface area (Å²) in [6, 6.07) is 10.5. The van der Waals surface area contributed by atoms with Crippen LogP contribution in [-0.2, 0) is 6.54 Å². The van der Waals surface area contributed by atoms with E-state index in [0.717, 1.165) is 13.1 Å². The van der Waals surface area contributed by atoms with Crippen molar-refractivity contribution in [3.05, 3.63) is 35.9 Å². The highest BCUT2D eigenvalue weighted by molar-refractivity contribution is 5.14. The Bertz CT molecular complexity index is 405. The van der Waals surface area contributed by atoms with Crippen LogP contribution in [0.4, 0.5) is 13.2 Å². The van der Waals surface area contributed by atoms with Crippen molar-refractivity contribution in [2.75, 3.05) is 26.2 Å². The smallest absolute Gasteiger partial charge is 0.300 e. The summed E-state index contributed by atoms with van der Waals surface area (Å²) >= 11 is 0. The maximum atomic E-state index is 12.2. The van der Waals surface area contributed by atoms with E-state index in [1.807, 2.05) is 23.1 Å². The van der Waals surface area contributed by atoms with Crippen molar-refractivity contribution in [1.29, 1.82) is 0 Å². The Hall–Kier alpha value is -1.07. The Labute approximate surface area is 118 Å². The zero-order chi connectivity index (χ0) is 14.6. The lowest BCUT2D eigenvalue weighted by Gasteiger charge is -2.40. The first kappa shape index (κ1) is 15.3. The molecule has 1 fully saturated rings. The number of alkyl halides is 3. The summed E-state index contributed by atoms with van der Waals surface area (Å²) < 4.78 is 36.7. The number of benzene rings is 1. The van der Waals surface area contributed by atoms with Crippen LogP contribution in [0, 0.1) is 0 Å². The van der Waals surface area contributed by atoms with Gasteiger partial charge in [0.25, 0.3) is 0 Å². The predicted octanol–water partition coefficient (Wildman–Crippen LogP) is 3.15. The number of nitrogens with zero attached hydrogens (tertiary/aromatic N) is 2. The number of halogens is 3. The predicted molar refractivity (Wildman–Crippen MR) is 73.4 cm³/mol. The number of piperazine rings is 1. The van der Waals surface area contributed by atoms with Crippen LogP contribution >= 0.6 is 0 Å². The molecule has 0 spiro atoms. The van der Waals surface area contributed by atoms with Crippen molar-refractivity contribution in [3.8, 4) is 0 Å². The van der Waals surface area contributed by atoms with Gasteiger partial charge >= 0.3 is 6.18 Å². The lowest BCUT2D eigenvalue weighted by atomic mass is 10.1. The van der Waals surface area contributed by atoms with E-state index in [1.54, 1.807) is 0 Å². The highest BCUT2D eigenvalue weighted by Gasteiger charge is 2.30. The highest BCUT2D eigenvalue weighted by atomic mass is 19.4. The lowest BCUT2D eigenvalue weighted by Crippen LogP contribution is -2.51. The molecule has 0 aliphatic carbocycles. The van der Waals surface area contributed by atoms with Crippen molar-refractivity contribution < 1.29 is 13.2 Å². The Morgan fingerprint density at radius 3 is 2.45 bits per heavy atom. The minimum atomic E-state index is -4.05. The maximum absolute atomic E-state index is 12.2. The van der Waals surface area contributed by atoms with Crippen LogP contribution in [0.15, 0.2) is 30.3 Å². The molecule has 0 radical (unpaired) electrons.